The number of carboxylic acids is 1. The Morgan fingerprint density at radius 3 is 2.00 bits per heavy atom. The summed E-state index contributed by atoms with van der Waals surface area (Å²) in [5.41, 5.74) is 0. The molecule has 1 N–H and O–H groups in total. The Hall–Kier alpha value is -1.80. The van der Waals surface area contributed by atoms with Crippen LogP contribution in [0.2, 0.25) is 0 Å². The van der Waals surface area contributed by atoms with Gasteiger partial charge in [-0.25, -0.2) is 0 Å². The van der Waals surface area contributed by atoms with Crippen LogP contribution in [0, 0.1) is 20.2 Å². The zero-order valence-electron chi connectivity index (χ0n) is 6.18. The minimum absolute atomic E-state index is 0.974. The van der Waals surface area contributed by atoms with Crippen molar-refractivity contribution < 1.29 is 24.1 Å². The van der Waals surface area contributed by atoms with Crippen molar-refractivity contribution in [3.63, 3.8) is 0 Å². The third kappa shape index (κ3) is 2.61. The molecule has 0 spiro atoms. The van der Waals surface area contributed by atoms with Gasteiger partial charge in [0.1, 0.15) is 16.3 Å². The molecule has 0 aromatic heterocycles. The molecular weight excluding hydrogens is 191 g/mol. The average Bonchev–Trinajstić information content (AvgIpc) is 1.99. The van der Waals surface area contributed by atoms with Gasteiger partial charge in [-0.2, -0.15) is 0 Å². The van der Waals surface area contributed by atoms with Gasteiger partial charge in [-0.15, -0.1) is 0 Å². The van der Waals surface area contributed by atoms with Crippen molar-refractivity contribution in [2.24, 2.45) is 0 Å². The molecule has 0 aliphatic rings. The van der Waals surface area contributed by atoms with Crippen LogP contribution < -0.4 is 0 Å². The monoisotopic (exact) mass is 196 g/mol. The third-order valence-electron chi connectivity index (χ3n) is 1.22. The van der Waals surface area contributed by atoms with E-state index in [4.69, 9.17) is 5.11 Å². The number of nitro groups is 2. The van der Waals surface area contributed by atoms with Gasteiger partial charge in [0.25, 0.3) is 0 Å². The Morgan fingerprint density at radius 1 is 1.38 bits per heavy atom. The van der Waals surface area contributed by atoms with Crippen LogP contribution >= 0.6 is 0 Å². The van der Waals surface area contributed by atoms with E-state index in [1.54, 1.807) is 0 Å². The van der Waals surface area contributed by atoms with Gasteiger partial charge in [0.2, 0.25) is 0 Å². The minimum Gasteiger partial charge on any atom is -0.481 e. The normalized spacial score (nSPS) is 10.8. The zero-order chi connectivity index (χ0) is 10.6. The Morgan fingerprint density at radius 2 is 1.77 bits per heavy atom. The van der Waals surface area contributed by atoms with Crippen LogP contribution in [0.15, 0.2) is 0 Å². The number of halogens is 1. The first-order valence-electron chi connectivity index (χ1n) is 3.00. The second-order valence-electron chi connectivity index (χ2n) is 2.13. The molecule has 0 bridgehead atoms. The third-order valence-corrected chi connectivity index (χ3v) is 1.22. The second kappa shape index (κ2) is 3.74. The first-order valence-corrected chi connectivity index (χ1v) is 3.00. The summed E-state index contributed by atoms with van der Waals surface area (Å²) in [5.74, 6) is -5.44. The summed E-state index contributed by atoms with van der Waals surface area (Å²) in [6.45, 7) is 0. The maximum absolute atomic E-state index is 12.7. The van der Waals surface area contributed by atoms with Gasteiger partial charge >= 0.3 is 11.9 Å². The van der Waals surface area contributed by atoms with Gasteiger partial charge in [0, 0.05) is 0 Å². The number of aliphatic carboxylic acids is 1. The molecule has 0 radical (unpaired) electrons. The Bertz CT molecular complexity index is 239. The average molecular weight is 196 g/mol. The summed E-state index contributed by atoms with van der Waals surface area (Å²) in [5, 5.41) is 27.8. The molecule has 0 saturated heterocycles. The molecular formula is C4H5FN2O6. The van der Waals surface area contributed by atoms with Gasteiger partial charge < -0.3 is 5.11 Å². The van der Waals surface area contributed by atoms with Crippen LogP contribution in [0.1, 0.15) is 12.8 Å². The van der Waals surface area contributed by atoms with E-state index in [2.05, 4.69) is 0 Å². The number of rotatable bonds is 5. The molecule has 0 rings (SSSR count). The van der Waals surface area contributed by atoms with Crippen molar-refractivity contribution in [2.45, 2.75) is 18.8 Å². The molecule has 8 nitrogen and oxygen atoms in total. The highest BCUT2D eigenvalue weighted by atomic mass is 19.2. The van der Waals surface area contributed by atoms with E-state index < -0.39 is 34.6 Å². The van der Waals surface area contributed by atoms with Crippen molar-refractivity contribution in [1.82, 2.24) is 0 Å². The van der Waals surface area contributed by atoms with E-state index in [-0.39, 0.29) is 0 Å². The molecule has 0 aromatic carbocycles. The number of hydrogen-bond acceptors (Lipinski definition) is 5. The van der Waals surface area contributed by atoms with E-state index in [1.165, 1.54) is 0 Å². The predicted octanol–water partition coefficient (Wildman–Crippen LogP) is 0.0279. The Kier molecular flexibility index (Phi) is 3.22. The van der Waals surface area contributed by atoms with Crippen molar-refractivity contribution in [3.8, 4) is 0 Å². The lowest BCUT2D eigenvalue weighted by Crippen LogP contribution is -2.42. The molecule has 0 amide bonds. The molecule has 0 unspecified atom stereocenters. The second-order valence-corrected chi connectivity index (χ2v) is 2.13. The maximum Gasteiger partial charge on any atom is 0.614 e. The largest absolute Gasteiger partial charge is 0.614 e. The highest BCUT2D eigenvalue weighted by molar-refractivity contribution is 5.66. The predicted molar refractivity (Wildman–Crippen MR) is 34.7 cm³/mol. The summed E-state index contributed by atoms with van der Waals surface area (Å²) in [7, 11) is 0. The minimum atomic E-state index is -3.90. The van der Waals surface area contributed by atoms with E-state index in [0.29, 0.717) is 0 Å². The summed E-state index contributed by atoms with van der Waals surface area (Å²) in [6.07, 6.45) is -2.26. The van der Waals surface area contributed by atoms with Crippen LogP contribution in [-0.4, -0.2) is 26.8 Å². The van der Waals surface area contributed by atoms with Gasteiger partial charge in [-0.05, 0) is 0 Å². The highest BCUT2D eigenvalue weighted by Gasteiger charge is 2.57. The van der Waals surface area contributed by atoms with Crippen molar-refractivity contribution in [2.75, 3.05) is 0 Å². The lowest BCUT2D eigenvalue weighted by atomic mass is 10.2. The molecule has 0 aliphatic heterocycles. The summed E-state index contributed by atoms with van der Waals surface area (Å²) < 4.78 is 12.7. The molecule has 74 valence electrons. The van der Waals surface area contributed by atoms with Crippen LogP contribution in [0.3, 0.4) is 0 Å². The standard InChI is InChI=1S/C4H5FN2O6/c5-4(6(10)11,7(12)13)2-1-3(8)9/h1-2H2,(H,8,9). The van der Waals surface area contributed by atoms with Gasteiger partial charge in [0.05, 0.1) is 6.42 Å². The maximum atomic E-state index is 12.7. The molecule has 13 heavy (non-hydrogen) atoms. The summed E-state index contributed by atoms with van der Waals surface area (Å²) >= 11 is 0. The highest BCUT2D eigenvalue weighted by Crippen LogP contribution is 2.19. The first-order chi connectivity index (χ1) is 5.80. The quantitative estimate of drug-likeness (QED) is 0.286. The van der Waals surface area contributed by atoms with Gasteiger partial charge in [-0.1, -0.05) is 4.39 Å². The number of carboxylic acid groups (broad SMARTS) is 1. The summed E-state index contributed by atoms with van der Waals surface area (Å²) in [6, 6.07) is 0. The smallest absolute Gasteiger partial charge is 0.481 e. The van der Waals surface area contributed by atoms with Crippen molar-refractivity contribution in [3.05, 3.63) is 20.2 Å². The molecule has 0 aromatic rings. The van der Waals surface area contributed by atoms with Gasteiger partial charge in [0.15, 0.2) is 0 Å². The lowest BCUT2D eigenvalue weighted by molar-refractivity contribution is -0.832. The van der Waals surface area contributed by atoms with Crippen LogP contribution in [-0.2, 0) is 4.79 Å². The molecule has 0 saturated carbocycles. The number of nitrogens with zero attached hydrogens (tertiary/aromatic N) is 2. The van der Waals surface area contributed by atoms with E-state index >= 15 is 0 Å². The van der Waals surface area contributed by atoms with E-state index in [0.717, 1.165) is 0 Å². The van der Waals surface area contributed by atoms with Crippen LogP contribution in [0.4, 0.5) is 4.39 Å². The zero-order valence-corrected chi connectivity index (χ0v) is 6.18. The molecule has 0 atom stereocenters. The molecule has 0 aliphatic carbocycles. The Balaban J connectivity index is 4.52. The fourth-order valence-electron chi connectivity index (χ4n) is 0.515. The van der Waals surface area contributed by atoms with Crippen molar-refractivity contribution in [1.29, 1.82) is 0 Å². The Labute approximate surface area is 70.3 Å². The lowest BCUT2D eigenvalue weighted by Gasteiger charge is -2.05. The number of carbonyl (C=O) groups is 1. The molecule has 0 fully saturated rings. The van der Waals surface area contributed by atoms with Gasteiger partial charge in [-0.3, -0.25) is 25.0 Å². The fourth-order valence-corrected chi connectivity index (χ4v) is 0.515. The first kappa shape index (κ1) is 11.2. The SMILES string of the molecule is O=C(O)CCC(F)([N+](=O)[O-])[N+](=O)[O-]. The van der Waals surface area contributed by atoms with Crippen LogP contribution in [0.5, 0.6) is 0 Å². The fraction of sp³-hybridized carbons (Fsp3) is 0.750. The molecule has 0 heterocycles. The number of alkyl halides is 1. The topological polar surface area (TPSA) is 124 Å². The summed E-state index contributed by atoms with van der Waals surface area (Å²) in [4.78, 5) is 26.1. The van der Waals surface area contributed by atoms with Crippen LogP contribution in [0.25, 0.3) is 0 Å². The van der Waals surface area contributed by atoms with E-state index in [9.17, 15) is 29.4 Å². The van der Waals surface area contributed by atoms with Crippen molar-refractivity contribution >= 4 is 5.97 Å². The number of hydrogen-bond donors (Lipinski definition) is 1. The van der Waals surface area contributed by atoms with E-state index in [1.807, 2.05) is 0 Å². The molecule has 9 heteroatoms.